The molecule has 6 heteroatoms. The number of halogens is 1. The molecule has 0 aliphatic heterocycles. The van der Waals surface area contributed by atoms with E-state index >= 15 is 0 Å². The lowest BCUT2D eigenvalue weighted by atomic mass is 10.1. The van der Waals surface area contributed by atoms with Gasteiger partial charge < -0.3 is 10.1 Å². The van der Waals surface area contributed by atoms with E-state index in [0.717, 1.165) is 10.4 Å². The number of amides is 1. The lowest BCUT2D eigenvalue weighted by Gasteiger charge is -2.15. The van der Waals surface area contributed by atoms with E-state index in [4.69, 9.17) is 4.74 Å². The first-order valence-electron chi connectivity index (χ1n) is 5.37. The van der Waals surface area contributed by atoms with Gasteiger partial charge in [-0.15, -0.1) is 11.3 Å². The number of methoxy groups -OCH3 is 1. The third-order valence-corrected chi connectivity index (χ3v) is 4.02. The summed E-state index contributed by atoms with van der Waals surface area (Å²) in [4.78, 5) is 24.6. The lowest BCUT2D eigenvalue weighted by Crippen LogP contribution is -2.31. The van der Waals surface area contributed by atoms with E-state index in [1.54, 1.807) is 13.8 Å². The van der Waals surface area contributed by atoms with Gasteiger partial charge in [-0.05, 0) is 33.3 Å². The van der Waals surface area contributed by atoms with Crippen molar-refractivity contribution in [3.05, 3.63) is 16.0 Å². The molecule has 0 aromatic carbocycles. The highest BCUT2D eigenvalue weighted by molar-refractivity contribution is 9.10. The molecule has 1 aromatic rings. The Balaban J connectivity index is 3.14. The highest BCUT2D eigenvalue weighted by Crippen LogP contribution is 2.34. The number of carbonyl (C=O) groups excluding carboxylic acids is 2. The number of nitrogens with one attached hydrogen (secondary N) is 1. The molecule has 1 amide bonds. The maximum atomic E-state index is 11.9. The number of hydrogen-bond acceptors (Lipinski definition) is 4. The van der Waals surface area contributed by atoms with Gasteiger partial charge in [0.1, 0.15) is 5.00 Å². The Morgan fingerprint density at radius 3 is 2.33 bits per heavy atom. The number of thiophene rings is 1. The van der Waals surface area contributed by atoms with Crippen LogP contribution in [0.3, 0.4) is 0 Å². The average Bonchev–Trinajstić information content (AvgIpc) is 2.52. The number of ether oxygens (including phenoxy) is 1. The fraction of sp³-hybridized carbons (Fsp3) is 0.500. The van der Waals surface area contributed by atoms with Crippen LogP contribution in [0.5, 0.6) is 0 Å². The molecule has 100 valence electrons. The van der Waals surface area contributed by atoms with E-state index < -0.39 is 10.3 Å². The van der Waals surface area contributed by atoms with Gasteiger partial charge in [-0.3, -0.25) is 4.79 Å². The lowest BCUT2D eigenvalue weighted by molar-refractivity contribution is -0.117. The van der Waals surface area contributed by atoms with Crippen LogP contribution in [0.4, 0.5) is 5.00 Å². The molecule has 0 bridgehead atoms. The molecule has 1 N–H and O–H groups in total. The number of carbonyl (C=O) groups is 2. The summed E-state index contributed by atoms with van der Waals surface area (Å²) in [7, 11) is 1.33. The molecule has 1 aromatic heterocycles. The quantitative estimate of drug-likeness (QED) is 0.682. The smallest absolute Gasteiger partial charge is 0.341 e. The molecule has 1 rings (SSSR count). The van der Waals surface area contributed by atoms with Crippen molar-refractivity contribution in [1.82, 2.24) is 0 Å². The van der Waals surface area contributed by atoms with E-state index in [0.29, 0.717) is 10.6 Å². The van der Waals surface area contributed by atoms with Gasteiger partial charge in [0.25, 0.3) is 0 Å². The summed E-state index contributed by atoms with van der Waals surface area (Å²) in [6.07, 6.45) is 0. The first-order valence-corrected chi connectivity index (χ1v) is 6.98. The van der Waals surface area contributed by atoms with Crippen LogP contribution in [0.15, 0.2) is 0 Å². The Hall–Kier alpha value is -0.880. The van der Waals surface area contributed by atoms with E-state index in [1.165, 1.54) is 18.4 Å². The van der Waals surface area contributed by atoms with Gasteiger partial charge in [0.2, 0.25) is 5.91 Å². The van der Waals surface area contributed by atoms with Crippen LogP contribution in [0.25, 0.3) is 0 Å². The van der Waals surface area contributed by atoms with Crippen LogP contribution < -0.4 is 5.32 Å². The predicted molar refractivity (Wildman–Crippen MR) is 76.8 cm³/mol. The van der Waals surface area contributed by atoms with Crippen molar-refractivity contribution >= 4 is 44.1 Å². The SMILES string of the molecule is COC(=O)c1c(NC(=O)C(C)(C)Br)sc(C)c1C. The Morgan fingerprint density at radius 1 is 1.33 bits per heavy atom. The maximum absolute atomic E-state index is 11.9. The predicted octanol–water partition coefficient (Wildman–Crippen LogP) is 3.26. The second kappa shape index (κ2) is 5.40. The van der Waals surface area contributed by atoms with Crippen molar-refractivity contribution in [2.45, 2.75) is 32.0 Å². The molecule has 0 spiro atoms. The number of rotatable bonds is 3. The van der Waals surface area contributed by atoms with Crippen molar-refractivity contribution in [3.63, 3.8) is 0 Å². The van der Waals surface area contributed by atoms with E-state index in [-0.39, 0.29) is 5.91 Å². The molecule has 0 atom stereocenters. The fourth-order valence-electron chi connectivity index (χ4n) is 1.31. The van der Waals surface area contributed by atoms with Gasteiger partial charge >= 0.3 is 5.97 Å². The van der Waals surface area contributed by atoms with Crippen LogP contribution in [0.2, 0.25) is 0 Å². The average molecular weight is 334 g/mol. The molecular formula is C12H16BrNO3S. The zero-order chi connectivity index (χ0) is 14.1. The van der Waals surface area contributed by atoms with Gasteiger partial charge in [0.15, 0.2) is 0 Å². The molecule has 0 fully saturated rings. The van der Waals surface area contributed by atoms with Crippen LogP contribution in [0.1, 0.15) is 34.6 Å². The molecule has 0 saturated heterocycles. The Bertz CT molecular complexity index is 488. The third kappa shape index (κ3) is 3.11. The second-order valence-corrected chi connectivity index (χ2v) is 7.61. The monoisotopic (exact) mass is 333 g/mol. The Kier molecular flexibility index (Phi) is 4.55. The van der Waals surface area contributed by atoms with Gasteiger partial charge in [-0.1, -0.05) is 15.9 Å². The summed E-state index contributed by atoms with van der Waals surface area (Å²) in [6, 6.07) is 0. The van der Waals surface area contributed by atoms with Crippen LogP contribution in [-0.4, -0.2) is 23.3 Å². The number of aryl methyl sites for hydroxylation is 1. The highest BCUT2D eigenvalue weighted by Gasteiger charge is 2.27. The molecule has 18 heavy (non-hydrogen) atoms. The van der Waals surface area contributed by atoms with Crippen molar-refractivity contribution < 1.29 is 14.3 Å². The van der Waals surface area contributed by atoms with Crippen LogP contribution in [-0.2, 0) is 9.53 Å². The first-order chi connectivity index (χ1) is 8.18. The normalized spacial score (nSPS) is 11.2. The number of anilines is 1. The minimum Gasteiger partial charge on any atom is -0.465 e. The fourth-order valence-corrected chi connectivity index (χ4v) is 2.46. The minimum atomic E-state index is -0.688. The Labute approximate surface area is 119 Å². The van der Waals surface area contributed by atoms with Crippen LogP contribution >= 0.6 is 27.3 Å². The summed E-state index contributed by atoms with van der Waals surface area (Å²) in [5.74, 6) is -0.631. The molecular weight excluding hydrogens is 318 g/mol. The van der Waals surface area contributed by atoms with E-state index in [9.17, 15) is 9.59 Å². The second-order valence-electron chi connectivity index (χ2n) is 4.41. The van der Waals surface area contributed by atoms with E-state index in [2.05, 4.69) is 21.2 Å². The summed E-state index contributed by atoms with van der Waals surface area (Å²) >= 11 is 4.66. The molecule has 0 saturated carbocycles. The zero-order valence-electron chi connectivity index (χ0n) is 11.0. The Morgan fingerprint density at radius 2 is 1.89 bits per heavy atom. The standard InChI is InChI=1S/C12H16BrNO3S/c1-6-7(2)18-9(8(6)10(15)17-5)14-11(16)12(3,4)13/h1-5H3,(H,14,16). The van der Waals surface area contributed by atoms with E-state index in [1.807, 2.05) is 13.8 Å². The molecule has 0 aliphatic rings. The summed E-state index contributed by atoms with van der Waals surface area (Å²) < 4.78 is 4.05. The molecule has 0 aliphatic carbocycles. The highest BCUT2D eigenvalue weighted by atomic mass is 79.9. The largest absolute Gasteiger partial charge is 0.465 e. The summed E-state index contributed by atoms with van der Waals surface area (Å²) in [5, 5.41) is 3.30. The maximum Gasteiger partial charge on any atom is 0.341 e. The number of alkyl halides is 1. The molecule has 0 unspecified atom stereocenters. The van der Waals surface area contributed by atoms with Gasteiger partial charge in [-0.25, -0.2) is 4.79 Å². The van der Waals surface area contributed by atoms with Crippen molar-refractivity contribution in [3.8, 4) is 0 Å². The first kappa shape index (κ1) is 15.2. The van der Waals surface area contributed by atoms with Gasteiger partial charge in [0, 0.05) is 4.88 Å². The summed E-state index contributed by atoms with van der Waals surface area (Å²) in [5.41, 5.74) is 1.28. The van der Waals surface area contributed by atoms with Gasteiger partial charge in [0.05, 0.1) is 17.0 Å². The minimum absolute atomic E-state index is 0.200. The van der Waals surface area contributed by atoms with Crippen LogP contribution in [0, 0.1) is 13.8 Å². The molecule has 0 radical (unpaired) electrons. The van der Waals surface area contributed by atoms with Gasteiger partial charge in [-0.2, -0.15) is 0 Å². The number of esters is 1. The zero-order valence-corrected chi connectivity index (χ0v) is 13.4. The van der Waals surface area contributed by atoms with Crippen molar-refractivity contribution in [2.75, 3.05) is 12.4 Å². The topological polar surface area (TPSA) is 55.4 Å². The molecule has 4 nitrogen and oxygen atoms in total. The third-order valence-electron chi connectivity index (χ3n) is 2.54. The summed E-state index contributed by atoms with van der Waals surface area (Å²) in [6.45, 7) is 7.23. The number of hydrogen-bond donors (Lipinski definition) is 1. The van der Waals surface area contributed by atoms with Crippen molar-refractivity contribution in [1.29, 1.82) is 0 Å². The van der Waals surface area contributed by atoms with Crippen molar-refractivity contribution in [2.24, 2.45) is 0 Å². The molecule has 1 heterocycles.